The van der Waals surface area contributed by atoms with Crippen molar-refractivity contribution in [3.05, 3.63) is 58.1 Å². The SMILES string of the molecule is Cc1ccc(NC(=O)NCc2ccc(OCCN(C)C)cc2)cc1Br. The van der Waals surface area contributed by atoms with Crippen LogP contribution in [0.2, 0.25) is 0 Å². The molecular weight excluding hydrogens is 382 g/mol. The third-order valence-corrected chi connectivity index (χ3v) is 4.47. The van der Waals surface area contributed by atoms with Gasteiger partial charge in [0.15, 0.2) is 0 Å². The van der Waals surface area contributed by atoms with Crippen LogP contribution in [0.4, 0.5) is 10.5 Å². The molecule has 0 aromatic heterocycles. The predicted molar refractivity (Wildman–Crippen MR) is 105 cm³/mol. The lowest BCUT2D eigenvalue weighted by atomic mass is 10.2. The fourth-order valence-electron chi connectivity index (χ4n) is 2.08. The van der Waals surface area contributed by atoms with Crippen molar-refractivity contribution in [2.75, 3.05) is 32.6 Å². The molecule has 0 aliphatic rings. The molecule has 2 amide bonds. The van der Waals surface area contributed by atoms with Crippen molar-refractivity contribution in [1.29, 1.82) is 0 Å². The first-order chi connectivity index (χ1) is 11.9. The molecule has 0 bridgehead atoms. The minimum Gasteiger partial charge on any atom is -0.492 e. The smallest absolute Gasteiger partial charge is 0.319 e. The summed E-state index contributed by atoms with van der Waals surface area (Å²) in [5.74, 6) is 0.833. The van der Waals surface area contributed by atoms with Gasteiger partial charge >= 0.3 is 6.03 Å². The largest absolute Gasteiger partial charge is 0.492 e. The van der Waals surface area contributed by atoms with Gasteiger partial charge in [0.05, 0.1) is 0 Å². The lowest BCUT2D eigenvalue weighted by Crippen LogP contribution is -2.28. The van der Waals surface area contributed by atoms with E-state index in [1.54, 1.807) is 0 Å². The fraction of sp³-hybridized carbons (Fsp3) is 0.316. The number of aryl methyl sites for hydroxylation is 1. The molecule has 0 fully saturated rings. The predicted octanol–water partition coefficient (Wildman–Crippen LogP) is 4.02. The number of likely N-dealkylation sites (N-methyl/N-ethyl adjacent to an activating group) is 1. The Kier molecular flexibility index (Phi) is 7.28. The number of nitrogens with zero attached hydrogens (tertiary/aromatic N) is 1. The summed E-state index contributed by atoms with van der Waals surface area (Å²) in [5, 5.41) is 5.67. The molecule has 5 nitrogen and oxygen atoms in total. The fourth-order valence-corrected chi connectivity index (χ4v) is 2.46. The summed E-state index contributed by atoms with van der Waals surface area (Å²) in [6.45, 7) is 3.98. The molecule has 0 saturated heterocycles. The van der Waals surface area contributed by atoms with Crippen molar-refractivity contribution in [3.8, 4) is 5.75 Å². The van der Waals surface area contributed by atoms with Crippen LogP contribution in [-0.2, 0) is 6.54 Å². The van der Waals surface area contributed by atoms with Crippen molar-refractivity contribution < 1.29 is 9.53 Å². The molecule has 0 aliphatic heterocycles. The summed E-state index contributed by atoms with van der Waals surface area (Å²) in [6, 6.07) is 13.2. The normalized spacial score (nSPS) is 10.6. The number of hydrogen-bond donors (Lipinski definition) is 2. The zero-order valence-electron chi connectivity index (χ0n) is 14.8. The first-order valence-electron chi connectivity index (χ1n) is 8.11. The van der Waals surface area contributed by atoms with Gasteiger partial charge in [0.25, 0.3) is 0 Å². The van der Waals surface area contributed by atoms with Crippen LogP contribution in [0, 0.1) is 6.92 Å². The minimum absolute atomic E-state index is 0.234. The molecule has 134 valence electrons. The number of carbonyl (C=O) groups excluding carboxylic acids is 1. The molecule has 0 atom stereocenters. The molecule has 0 spiro atoms. The average Bonchev–Trinajstić information content (AvgIpc) is 2.57. The number of hydrogen-bond acceptors (Lipinski definition) is 3. The lowest BCUT2D eigenvalue weighted by Gasteiger charge is -2.12. The lowest BCUT2D eigenvalue weighted by molar-refractivity contribution is 0.251. The minimum atomic E-state index is -0.234. The maximum absolute atomic E-state index is 12.0. The van der Waals surface area contributed by atoms with Crippen LogP contribution in [0.5, 0.6) is 5.75 Å². The molecule has 0 radical (unpaired) electrons. The van der Waals surface area contributed by atoms with E-state index in [2.05, 4.69) is 31.5 Å². The number of ether oxygens (including phenoxy) is 1. The highest BCUT2D eigenvalue weighted by Gasteiger charge is 2.04. The van der Waals surface area contributed by atoms with Gasteiger partial charge in [0.2, 0.25) is 0 Å². The summed E-state index contributed by atoms with van der Waals surface area (Å²) in [5.41, 5.74) is 2.89. The Hall–Kier alpha value is -2.05. The number of benzene rings is 2. The molecule has 2 rings (SSSR count). The molecule has 6 heteroatoms. The van der Waals surface area contributed by atoms with Crippen molar-refractivity contribution in [2.24, 2.45) is 0 Å². The van der Waals surface area contributed by atoms with Gasteiger partial charge in [-0.15, -0.1) is 0 Å². The van der Waals surface area contributed by atoms with Crippen molar-refractivity contribution in [1.82, 2.24) is 10.2 Å². The number of carbonyl (C=O) groups is 1. The molecule has 0 aliphatic carbocycles. The maximum atomic E-state index is 12.0. The second kappa shape index (κ2) is 9.44. The van der Waals surface area contributed by atoms with E-state index in [9.17, 15) is 4.79 Å². The summed E-state index contributed by atoms with van der Waals surface area (Å²) < 4.78 is 6.62. The van der Waals surface area contributed by atoms with Gasteiger partial charge in [0, 0.05) is 23.2 Å². The average molecular weight is 406 g/mol. The van der Waals surface area contributed by atoms with Gasteiger partial charge in [-0.3, -0.25) is 0 Å². The number of urea groups is 1. The van der Waals surface area contributed by atoms with E-state index in [0.29, 0.717) is 13.2 Å². The van der Waals surface area contributed by atoms with E-state index < -0.39 is 0 Å². The van der Waals surface area contributed by atoms with E-state index in [1.807, 2.05) is 63.5 Å². The van der Waals surface area contributed by atoms with Crippen LogP contribution in [0.3, 0.4) is 0 Å². The topological polar surface area (TPSA) is 53.6 Å². The number of rotatable bonds is 7. The van der Waals surface area contributed by atoms with Crippen LogP contribution in [0.25, 0.3) is 0 Å². The highest BCUT2D eigenvalue weighted by Crippen LogP contribution is 2.20. The third-order valence-electron chi connectivity index (χ3n) is 3.61. The van der Waals surface area contributed by atoms with E-state index in [0.717, 1.165) is 33.6 Å². The van der Waals surface area contributed by atoms with E-state index in [4.69, 9.17) is 4.74 Å². The van der Waals surface area contributed by atoms with Gasteiger partial charge < -0.3 is 20.3 Å². The summed E-state index contributed by atoms with van der Waals surface area (Å²) in [6.07, 6.45) is 0. The Morgan fingerprint density at radius 3 is 2.52 bits per heavy atom. The van der Waals surface area contributed by atoms with Gasteiger partial charge in [-0.25, -0.2) is 4.79 Å². The van der Waals surface area contributed by atoms with Crippen LogP contribution in [0.1, 0.15) is 11.1 Å². The Balaban J connectivity index is 1.78. The zero-order valence-corrected chi connectivity index (χ0v) is 16.4. The van der Waals surface area contributed by atoms with Crippen LogP contribution in [0.15, 0.2) is 46.9 Å². The monoisotopic (exact) mass is 405 g/mol. The standard InChI is InChI=1S/C19H24BrN3O2/c1-14-4-7-16(12-18(14)20)22-19(24)21-13-15-5-8-17(9-6-15)25-11-10-23(2)3/h4-9,12H,10-11,13H2,1-3H3,(H2,21,22,24). The Morgan fingerprint density at radius 2 is 1.88 bits per heavy atom. The van der Waals surface area contributed by atoms with Crippen molar-refractivity contribution in [2.45, 2.75) is 13.5 Å². The number of amides is 2. The van der Waals surface area contributed by atoms with E-state index >= 15 is 0 Å². The molecule has 0 heterocycles. The first kappa shape index (κ1) is 19.3. The Bertz CT molecular complexity index is 702. The number of anilines is 1. The van der Waals surface area contributed by atoms with Gasteiger partial charge in [0.1, 0.15) is 12.4 Å². The third kappa shape index (κ3) is 6.76. The van der Waals surface area contributed by atoms with Gasteiger partial charge in [-0.1, -0.05) is 34.1 Å². The molecular formula is C19H24BrN3O2. The van der Waals surface area contributed by atoms with Crippen LogP contribution < -0.4 is 15.4 Å². The Labute approximate surface area is 157 Å². The van der Waals surface area contributed by atoms with Gasteiger partial charge in [-0.2, -0.15) is 0 Å². The van der Waals surface area contributed by atoms with Crippen LogP contribution in [-0.4, -0.2) is 38.2 Å². The van der Waals surface area contributed by atoms with Crippen LogP contribution >= 0.6 is 15.9 Å². The first-order valence-corrected chi connectivity index (χ1v) is 8.91. The second-order valence-electron chi connectivity index (χ2n) is 6.07. The summed E-state index contributed by atoms with van der Waals surface area (Å²) >= 11 is 3.46. The molecule has 0 unspecified atom stereocenters. The molecule has 2 aromatic rings. The second-order valence-corrected chi connectivity index (χ2v) is 6.92. The zero-order chi connectivity index (χ0) is 18.2. The van der Waals surface area contributed by atoms with Crippen molar-refractivity contribution in [3.63, 3.8) is 0 Å². The summed E-state index contributed by atoms with van der Waals surface area (Å²) in [7, 11) is 4.02. The van der Waals surface area contributed by atoms with Gasteiger partial charge in [-0.05, 0) is 56.4 Å². The van der Waals surface area contributed by atoms with E-state index in [1.165, 1.54) is 0 Å². The summed E-state index contributed by atoms with van der Waals surface area (Å²) in [4.78, 5) is 14.1. The molecule has 25 heavy (non-hydrogen) atoms. The number of halogens is 1. The maximum Gasteiger partial charge on any atom is 0.319 e. The highest BCUT2D eigenvalue weighted by molar-refractivity contribution is 9.10. The highest BCUT2D eigenvalue weighted by atomic mass is 79.9. The molecule has 2 aromatic carbocycles. The van der Waals surface area contributed by atoms with Crippen molar-refractivity contribution >= 4 is 27.6 Å². The Morgan fingerprint density at radius 1 is 1.16 bits per heavy atom. The number of nitrogens with one attached hydrogen (secondary N) is 2. The quantitative estimate of drug-likeness (QED) is 0.731. The van der Waals surface area contributed by atoms with E-state index in [-0.39, 0.29) is 6.03 Å². The molecule has 0 saturated carbocycles. The molecule has 2 N–H and O–H groups in total.